The zero-order valence-corrected chi connectivity index (χ0v) is 16.8. The molecule has 3 N–H and O–H groups in total. The monoisotopic (exact) mass is 410 g/mol. The van der Waals surface area contributed by atoms with E-state index in [9.17, 15) is 9.59 Å². The lowest BCUT2D eigenvalue weighted by molar-refractivity contribution is -0.134. The molecule has 2 aromatic carbocycles. The summed E-state index contributed by atoms with van der Waals surface area (Å²) in [6.07, 6.45) is 4.63. The van der Waals surface area contributed by atoms with Crippen molar-refractivity contribution >= 4 is 40.5 Å². The Morgan fingerprint density at radius 1 is 1.07 bits per heavy atom. The normalized spacial score (nSPS) is 18.0. The van der Waals surface area contributed by atoms with Crippen LogP contribution in [0.1, 0.15) is 37.7 Å². The number of rotatable bonds is 4. The fourth-order valence-electron chi connectivity index (χ4n) is 4.06. The van der Waals surface area contributed by atoms with Crippen LogP contribution in [0.3, 0.4) is 0 Å². The van der Waals surface area contributed by atoms with Gasteiger partial charge in [0.15, 0.2) is 0 Å². The highest BCUT2D eigenvalue weighted by molar-refractivity contribution is 6.47. The molecule has 1 spiro atoms. The topological polar surface area (TPSA) is 87.8 Å². The van der Waals surface area contributed by atoms with Gasteiger partial charge in [0.25, 0.3) is 5.91 Å². The molecule has 0 saturated heterocycles. The number of aliphatic imine (C=N–C) groups is 1. The van der Waals surface area contributed by atoms with Crippen molar-refractivity contribution < 1.29 is 9.59 Å². The van der Waals surface area contributed by atoms with Gasteiger partial charge in [-0.15, -0.1) is 0 Å². The van der Waals surface area contributed by atoms with Crippen LogP contribution in [-0.4, -0.2) is 34.6 Å². The van der Waals surface area contributed by atoms with Crippen molar-refractivity contribution in [1.29, 1.82) is 0 Å². The summed E-state index contributed by atoms with van der Waals surface area (Å²) < 4.78 is 0. The minimum atomic E-state index is -0.636. The van der Waals surface area contributed by atoms with Crippen molar-refractivity contribution in [2.45, 2.75) is 37.8 Å². The predicted molar refractivity (Wildman–Crippen MR) is 115 cm³/mol. The van der Waals surface area contributed by atoms with Crippen molar-refractivity contribution in [3.05, 3.63) is 59.1 Å². The predicted octanol–water partition coefficient (Wildman–Crippen LogP) is 3.85. The molecule has 2 amide bonds. The van der Waals surface area contributed by atoms with E-state index in [0.717, 1.165) is 37.7 Å². The number of hydrogen-bond acceptors (Lipinski definition) is 4. The average molecular weight is 411 g/mol. The second kappa shape index (κ2) is 7.87. The molecule has 1 fully saturated rings. The van der Waals surface area contributed by atoms with E-state index < -0.39 is 5.66 Å². The minimum Gasteiger partial charge on any atom is -0.399 e. The van der Waals surface area contributed by atoms with Gasteiger partial charge in [-0.05, 0) is 62.1 Å². The van der Waals surface area contributed by atoms with Gasteiger partial charge in [0.1, 0.15) is 17.9 Å². The second-order valence-corrected chi connectivity index (χ2v) is 8.01. The fraction of sp³-hybridized carbons (Fsp3) is 0.318. The Bertz CT molecular complexity index is 948. The highest BCUT2D eigenvalue weighted by Gasteiger charge is 2.48. The number of hydrogen-bond donors (Lipinski definition) is 2. The molecule has 4 rings (SSSR count). The first kappa shape index (κ1) is 19.5. The summed E-state index contributed by atoms with van der Waals surface area (Å²) in [6.45, 7) is -0.0379. The van der Waals surface area contributed by atoms with Crippen LogP contribution in [0, 0.1) is 0 Å². The van der Waals surface area contributed by atoms with Crippen LogP contribution >= 0.6 is 11.6 Å². The fourth-order valence-corrected chi connectivity index (χ4v) is 4.18. The zero-order valence-electron chi connectivity index (χ0n) is 16.0. The number of nitrogens with zero attached hydrogens (tertiary/aromatic N) is 2. The number of nitrogens with one attached hydrogen (secondary N) is 1. The summed E-state index contributed by atoms with van der Waals surface area (Å²) >= 11 is 5.99. The van der Waals surface area contributed by atoms with Gasteiger partial charge in [-0.25, -0.2) is 0 Å². The lowest BCUT2D eigenvalue weighted by Crippen LogP contribution is -2.51. The van der Waals surface area contributed by atoms with Crippen LogP contribution in [0.2, 0.25) is 5.02 Å². The lowest BCUT2D eigenvalue weighted by Gasteiger charge is -2.38. The number of nitrogen functional groups attached to an aromatic ring is 1. The lowest BCUT2D eigenvalue weighted by atomic mass is 9.88. The number of nitrogens with two attached hydrogens (primary N) is 1. The van der Waals surface area contributed by atoms with Crippen LogP contribution in [0.4, 0.5) is 11.4 Å². The first-order valence-electron chi connectivity index (χ1n) is 9.80. The van der Waals surface area contributed by atoms with Gasteiger partial charge >= 0.3 is 0 Å². The molecule has 0 radical (unpaired) electrons. The summed E-state index contributed by atoms with van der Waals surface area (Å²) in [5.74, 6) is -0.456. The Labute approximate surface area is 174 Å². The Hall–Kier alpha value is -2.86. The van der Waals surface area contributed by atoms with Crippen LogP contribution < -0.4 is 11.1 Å². The van der Waals surface area contributed by atoms with Crippen LogP contribution in [0.5, 0.6) is 0 Å². The molecule has 0 unspecified atom stereocenters. The highest BCUT2D eigenvalue weighted by atomic mass is 35.5. The molecule has 29 heavy (non-hydrogen) atoms. The third-order valence-corrected chi connectivity index (χ3v) is 5.79. The summed E-state index contributed by atoms with van der Waals surface area (Å²) in [4.78, 5) is 32.5. The van der Waals surface area contributed by atoms with Crippen LogP contribution in [0.15, 0.2) is 53.5 Å². The van der Waals surface area contributed by atoms with E-state index >= 15 is 0 Å². The molecule has 0 bridgehead atoms. The van der Waals surface area contributed by atoms with Gasteiger partial charge in [0.05, 0.1) is 0 Å². The number of halogens is 1. The van der Waals surface area contributed by atoms with Gasteiger partial charge < -0.3 is 16.0 Å². The Balaban J connectivity index is 1.57. The standard InChI is InChI=1S/C22H23ClN4O2/c23-16-6-4-15(5-7-16)20-21(29)27(22(26-20)12-2-1-3-13-22)14-19(28)25-18-10-8-17(24)9-11-18/h4-11H,1-3,12-14,24H2,(H,25,28). The number of benzene rings is 2. The first-order valence-corrected chi connectivity index (χ1v) is 10.2. The van der Waals surface area contributed by atoms with E-state index in [-0.39, 0.29) is 18.4 Å². The summed E-state index contributed by atoms with van der Waals surface area (Å²) in [7, 11) is 0. The number of carbonyl (C=O) groups is 2. The smallest absolute Gasteiger partial charge is 0.275 e. The van der Waals surface area contributed by atoms with E-state index in [4.69, 9.17) is 22.3 Å². The average Bonchev–Trinajstić information content (AvgIpc) is 2.97. The molecule has 0 aromatic heterocycles. The van der Waals surface area contributed by atoms with Crippen molar-refractivity contribution in [1.82, 2.24) is 4.90 Å². The van der Waals surface area contributed by atoms with Gasteiger partial charge in [0.2, 0.25) is 5.91 Å². The van der Waals surface area contributed by atoms with Crippen molar-refractivity contribution in [3.63, 3.8) is 0 Å². The zero-order chi connectivity index (χ0) is 20.4. The van der Waals surface area contributed by atoms with Crippen molar-refractivity contribution in [2.24, 2.45) is 4.99 Å². The molecule has 2 aromatic rings. The SMILES string of the molecule is Nc1ccc(NC(=O)CN2C(=O)C(c3ccc(Cl)cc3)=NC23CCCCC3)cc1. The molecule has 1 saturated carbocycles. The number of amides is 2. The van der Waals surface area contributed by atoms with E-state index in [1.807, 2.05) is 0 Å². The summed E-state index contributed by atoms with van der Waals surface area (Å²) in [5.41, 5.74) is 7.46. The Kier molecular flexibility index (Phi) is 5.28. The maximum atomic E-state index is 13.3. The molecule has 1 heterocycles. The molecule has 0 atom stereocenters. The molecule has 1 aliphatic heterocycles. The van der Waals surface area contributed by atoms with Gasteiger partial charge in [-0.2, -0.15) is 0 Å². The molecule has 2 aliphatic rings. The third kappa shape index (κ3) is 3.98. The molecule has 6 nitrogen and oxygen atoms in total. The maximum absolute atomic E-state index is 13.3. The van der Waals surface area contributed by atoms with E-state index in [2.05, 4.69) is 5.32 Å². The summed E-state index contributed by atoms with van der Waals surface area (Å²) in [5, 5.41) is 3.45. The first-order chi connectivity index (χ1) is 14.0. The molecular weight excluding hydrogens is 388 g/mol. The minimum absolute atomic E-state index is 0.0379. The van der Waals surface area contributed by atoms with Gasteiger partial charge in [-0.1, -0.05) is 30.2 Å². The quantitative estimate of drug-likeness (QED) is 0.750. The van der Waals surface area contributed by atoms with Gasteiger partial charge in [0, 0.05) is 22.0 Å². The van der Waals surface area contributed by atoms with Gasteiger partial charge in [-0.3, -0.25) is 14.6 Å². The second-order valence-electron chi connectivity index (χ2n) is 7.57. The highest BCUT2D eigenvalue weighted by Crippen LogP contribution is 2.39. The van der Waals surface area contributed by atoms with E-state index in [0.29, 0.717) is 22.1 Å². The van der Waals surface area contributed by atoms with Crippen LogP contribution in [0.25, 0.3) is 0 Å². The third-order valence-electron chi connectivity index (χ3n) is 5.54. The summed E-state index contributed by atoms with van der Waals surface area (Å²) in [6, 6.07) is 14.0. The molecular formula is C22H23ClN4O2. The number of carbonyl (C=O) groups excluding carboxylic acids is 2. The largest absolute Gasteiger partial charge is 0.399 e. The van der Waals surface area contributed by atoms with Crippen molar-refractivity contribution in [2.75, 3.05) is 17.6 Å². The number of anilines is 2. The molecule has 1 aliphatic carbocycles. The van der Waals surface area contributed by atoms with Crippen LogP contribution in [-0.2, 0) is 9.59 Å². The maximum Gasteiger partial charge on any atom is 0.275 e. The molecule has 7 heteroatoms. The van der Waals surface area contributed by atoms with E-state index in [1.54, 1.807) is 53.4 Å². The van der Waals surface area contributed by atoms with Crippen molar-refractivity contribution in [3.8, 4) is 0 Å². The Morgan fingerprint density at radius 3 is 2.38 bits per heavy atom. The Morgan fingerprint density at radius 2 is 1.72 bits per heavy atom. The molecule has 150 valence electrons. The van der Waals surface area contributed by atoms with E-state index in [1.165, 1.54) is 0 Å².